The number of piperidine rings is 1. The van der Waals surface area contributed by atoms with E-state index in [0.717, 1.165) is 44.0 Å². The summed E-state index contributed by atoms with van der Waals surface area (Å²) in [6, 6.07) is 6.48. The van der Waals surface area contributed by atoms with Crippen LogP contribution in [0.2, 0.25) is 5.02 Å². The molecule has 3 heterocycles. The number of nitrogens with zero attached hydrogens (tertiary/aromatic N) is 2. The van der Waals surface area contributed by atoms with Crippen molar-refractivity contribution in [3.05, 3.63) is 64.3 Å². The van der Waals surface area contributed by atoms with Crippen molar-refractivity contribution < 1.29 is 8.42 Å². The van der Waals surface area contributed by atoms with Gasteiger partial charge in [0, 0.05) is 61.5 Å². The molecule has 1 aromatic carbocycles. The molecule has 32 heavy (non-hydrogen) atoms. The van der Waals surface area contributed by atoms with Crippen LogP contribution >= 0.6 is 11.6 Å². The van der Waals surface area contributed by atoms with Crippen LogP contribution in [-0.2, 0) is 10.0 Å². The van der Waals surface area contributed by atoms with Crippen LogP contribution in [0.1, 0.15) is 29.9 Å². The lowest BCUT2D eigenvalue weighted by atomic mass is 9.73. The molecule has 8 heteroatoms. The number of benzene rings is 1. The summed E-state index contributed by atoms with van der Waals surface area (Å²) >= 11 is 6.52. The van der Waals surface area contributed by atoms with Gasteiger partial charge in [-0.15, -0.1) is 0 Å². The Morgan fingerprint density at radius 3 is 2.56 bits per heavy atom. The number of hydrogen-bond donors (Lipinski definition) is 2. The van der Waals surface area contributed by atoms with Gasteiger partial charge in [0.2, 0.25) is 10.0 Å². The molecular formula is C24H31ClN4O2S. The van der Waals surface area contributed by atoms with E-state index in [4.69, 9.17) is 11.6 Å². The van der Waals surface area contributed by atoms with Crippen molar-refractivity contribution in [2.75, 3.05) is 45.5 Å². The smallest absolute Gasteiger partial charge is 0.211 e. The molecule has 0 bridgehead atoms. The molecule has 2 unspecified atom stereocenters. The van der Waals surface area contributed by atoms with Crippen molar-refractivity contribution >= 4 is 27.3 Å². The highest BCUT2D eigenvalue weighted by atomic mass is 35.5. The molecule has 2 atom stereocenters. The lowest BCUT2D eigenvalue weighted by Crippen LogP contribution is -2.44. The molecular weight excluding hydrogens is 444 g/mol. The van der Waals surface area contributed by atoms with E-state index in [1.165, 1.54) is 28.7 Å². The summed E-state index contributed by atoms with van der Waals surface area (Å²) in [5.41, 5.74) is 5.05. The van der Waals surface area contributed by atoms with E-state index in [0.29, 0.717) is 19.0 Å². The highest BCUT2D eigenvalue weighted by Gasteiger charge is 2.40. The summed E-state index contributed by atoms with van der Waals surface area (Å²) in [5, 5.41) is 7.84. The minimum absolute atomic E-state index is 0.162. The molecule has 0 aromatic heterocycles. The molecule has 0 amide bonds. The maximum absolute atomic E-state index is 12.1. The fourth-order valence-corrected chi connectivity index (χ4v) is 6.73. The third-order valence-electron chi connectivity index (χ3n) is 7.27. The van der Waals surface area contributed by atoms with Crippen molar-refractivity contribution in [2.45, 2.75) is 24.8 Å². The lowest BCUT2D eigenvalue weighted by molar-refractivity contribution is 0.229. The summed E-state index contributed by atoms with van der Waals surface area (Å²) < 4.78 is 25.8. The van der Waals surface area contributed by atoms with Gasteiger partial charge in [0.15, 0.2) is 0 Å². The molecule has 172 valence electrons. The zero-order valence-electron chi connectivity index (χ0n) is 18.4. The van der Waals surface area contributed by atoms with Gasteiger partial charge in [0.1, 0.15) is 0 Å². The number of sulfonamides is 1. The predicted molar refractivity (Wildman–Crippen MR) is 130 cm³/mol. The number of hydrogen-bond acceptors (Lipinski definition) is 5. The summed E-state index contributed by atoms with van der Waals surface area (Å²) in [6.07, 6.45) is 11.7. The third kappa shape index (κ3) is 4.23. The van der Waals surface area contributed by atoms with E-state index < -0.39 is 10.0 Å². The first kappa shape index (κ1) is 22.0. The first-order chi connectivity index (χ1) is 15.4. The topological polar surface area (TPSA) is 64.7 Å². The van der Waals surface area contributed by atoms with Crippen molar-refractivity contribution in [1.82, 2.24) is 19.8 Å². The first-order valence-electron chi connectivity index (χ1n) is 11.5. The fourth-order valence-electron chi connectivity index (χ4n) is 5.68. The molecule has 1 aromatic rings. The van der Waals surface area contributed by atoms with Crippen LogP contribution < -0.4 is 10.6 Å². The summed E-state index contributed by atoms with van der Waals surface area (Å²) in [7, 11) is -3.15. The molecule has 0 saturated carbocycles. The van der Waals surface area contributed by atoms with Gasteiger partial charge < -0.3 is 15.5 Å². The van der Waals surface area contributed by atoms with Gasteiger partial charge in [-0.3, -0.25) is 0 Å². The molecule has 0 spiro atoms. The molecule has 1 aliphatic carbocycles. The van der Waals surface area contributed by atoms with Crippen molar-refractivity contribution in [3.63, 3.8) is 0 Å². The van der Waals surface area contributed by atoms with Gasteiger partial charge in [-0.2, -0.15) is 0 Å². The molecule has 2 N–H and O–H groups in total. The minimum Gasteiger partial charge on any atom is -0.383 e. The van der Waals surface area contributed by atoms with Gasteiger partial charge in [0.25, 0.3) is 0 Å². The molecule has 5 rings (SSSR count). The lowest BCUT2D eigenvalue weighted by Gasteiger charge is -2.40. The van der Waals surface area contributed by atoms with Gasteiger partial charge in [-0.25, -0.2) is 12.7 Å². The summed E-state index contributed by atoms with van der Waals surface area (Å²) in [6.45, 7) is 5.06. The predicted octanol–water partition coefficient (Wildman–Crippen LogP) is 2.77. The number of rotatable bonds is 3. The van der Waals surface area contributed by atoms with Crippen LogP contribution in [0.3, 0.4) is 0 Å². The monoisotopic (exact) mass is 474 g/mol. The van der Waals surface area contributed by atoms with Crippen molar-refractivity contribution in [3.8, 4) is 0 Å². The Balaban J connectivity index is 1.57. The average Bonchev–Trinajstić information content (AvgIpc) is 2.93. The Labute approximate surface area is 196 Å². The Morgan fingerprint density at radius 2 is 1.84 bits per heavy atom. The second-order valence-corrected chi connectivity index (χ2v) is 11.6. The third-order valence-corrected chi connectivity index (χ3v) is 8.80. The van der Waals surface area contributed by atoms with E-state index in [9.17, 15) is 8.42 Å². The summed E-state index contributed by atoms with van der Waals surface area (Å²) in [5.74, 6) is 0.632. The van der Waals surface area contributed by atoms with Crippen molar-refractivity contribution in [2.24, 2.45) is 5.92 Å². The molecule has 3 aliphatic heterocycles. The molecule has 2 saturated heterocycles. The normalized spacial score (nSPS) is 27.0. The highest BCUT2D eigenvalue weighted by Crippen LogP contribution is 2.45. The number of nitrogens with one attached hydrogen (secondary N) is 2. The first-order valence-corrected chi connectivity index (χ1v) is 13.7. The largest absolute Gasteiger partial charge is 0.383 e. The second-order valence-electron chi connectivity index (χ2n) is 9.19. The van der Waals surface area contributed by atoms with E-state index in [1.54, 1.807) is 4.31 Å². The van der Waals surface area contributed by atoms with Crippen LogP contribution in [0.15, 0.2) is 48.2 Å². The Hall–Kier alpha value is -1.80. The van der Waals surface area contributed by atoms with Crippen LogP contribution in [0.25, 0.3) is 5.70 Å². The Kier molecular flexibility index (Phi) is 6.09. The molecule has 2 fully saturated rings. The number of fused-ring (bicyclic) bond motifs is 2. The van der Waals surface area contributed by atoms with E-state index >= 15 is 0 Å². The number of piperazine rings is 1. The van der Waals surface area contributed by atoms with E-state index in [-0.39, 0.29) is 12.0 Å². The second kappa shape index (κ2) is 8.86. The molecule has 0 radical (unpaired) electrons. The molecule has 4 aliphatic rings. The quantitative estimate of drug-likeness (QED) is 0.705. The maximum Gasteiger partial charge on any atom is 0.211 e. The van der Waals surface area contributed by atoms with Gasteiger partial charge in [0.05, 0.1) is 12.3 Å². The van der Waals surface area contributed by atoms with Crippen LogP contribution in [0.5, 0.6) is 0 Å². The van der Waals surface area contributed by atoms with E-state index in [1.807, 2.05) is 12.3 Å². The zero-order chi connectivity index (χ0) is 22.3. The van der Waals surface area contributed by atoms with Gasteiger partial charge in [-0.05, 0) is 60.4 Å². The molecule has 6 nitrogen and oxygen atoms in total. The SMILES string of the molecule is CS(=O)(=O)N1CCC(C2c3ccc(Cl)cc3C(N3CCNCC3)=CC3=CC=CNC32)CC1. The van der Waals surface area contributed by atoms with Crippen molar-refractivity contribution in [1.29, 1.82) is 0 Å². The Morgan fingerprint density at radius 1 is 1.09 bits per heavy atom. The zero-order valence-corrected chi connectivity index (χ0v) is 20.0. The number of dihydropyridines is 1. The maximum atomic E-state index is 12.1. The van der Waals surface area contributed by atoms with Gasteiger partial charge >= 0.3 is 0 Å². The minimum atomic E-state index is -3.15. The highest BCUT2D eigenvalue weighted by molar-refractivity contribution is 7.88. The standard InChI is InChI=1S/C24H31ClN4O2S/c1-32(30,31)29-11-6-17(7-12-29)23-20-5-4-19(25)16-21(20)22(28-13-9-26-10-14-28)15-18-3-2-8-27-24(18)23/h2-5,8,15-17,23-24,26-27H,6-7,9-14H2,1H3. The average molecular weight is 475 g/mol. The van der Waals surface area contributed by atoms with Crippen LogP contribution in [-0.4, -0.2) is 69.2 Å². The Bertz CT molecular complexity index is 1070. The van der Waals surface area contributed by atoms with Gasteiger partial charge in [-0.1, -0.05) is 23.7 Å². The van der Waals surface area contributed by atoms with E-state index in [2.05, 4.69) is 45.9 Å². The number of halogens is 1. The summed E-state index contributed by atoms with van der Waals surface area (Å²) in [4.78, 5) is 2.47. The van der Waals surface area contributed by atoms with Crippen LogP contribution in [0.4, 0.5) is 0 Å². The number of allylic oxidation sites excluding steroid dienone is 2. The van der Waals surface area contributed by atoms with Crippen LogP contribution in [0, 0.1) is 5.92 Å². The fraction of sp³-hybridized carbons (Fsp3) is 0.500.